The van der Waals surface area contributed by atoms with Crippen molar-refractivity contribution in [3.8, 4) is 63.6 Å². The minimum absolute atomic E-state index is 0. The van der Waals surface area contributed by atoms with Crippen molar-refractivity contribution in [2.24, 2.45) is 11.7 Å². The molecule has 0 saturated carbocycles. The zero-order chi connectivity index (χ0) is 76.1. The van der Waals surface area contributed by atoms with Gasteiger partial charge in [0.15, 0.2) is 11.6 Å². The molecule has 1 atom stereocenters. The number of aliphatic hydroxyl groups excluding tert-OH is 2. The van der Waals surface area contributed by atoms with Gasteiger partial charge in [0.1, 0.15) is 35.0 Å². The number of nitrogens with zero attached hydrogens (tertiary/aromatic N) is 8. The number of nitrogens with one attached hydrogen (secondary N) is 1. The fourth-order valence-electron chi connectivity index (χ4n) is 7.08. The molecule has 1 unspecified atom stereocenters. The SMILES string of the molecule is CCO.CCO.CC[O-].COC(=O)c1ccncc1.COc1cccc(-c2c(N)n[nH]c2-c2ccncc2)c1.COc1cccc(/C(C#N)=C(\Cl)c2ccncc2)c1.COc1cccc(C(C#N)C(=O)c2ccncc2)c1.COc1cccc(CC#N)c1.I.II.I[I-]I.NN.O.O=P(Cl)(Cl)Cl.[Na+]. The number of H-pyrrole nitrogens is 1. The molecule has 11 N–H and O–H groups in total. The maximum absolute atomic E-state index is 12.3. The van der Waals surface area contributed by atoms with Crippen LogP contribution in [0.5, 0.6) is 23.0 Å². The molecule has 554 valence electrons. The van der Waals surface area contributed by atoms with Crippen LogP contribution in [0.15, 0.2) is 195 Å². The topological polar surface area (TPSA) is 422 Å². The molecule has 103 heavy (non-hydrogen) atoms. The van der Waals surface area contributed by atoms with Crippen LogP contribution in [0.3, 0.4) is 0 Å². The molecule has 0 spiro atoms. The van der Waals surface area contributed by atoms with Crippen molar-refractivity contribution in [2.45, 2.75) is 33.1 Å². The minimum Gasteiger partial charge on any atom is -0.412 e. The molecule has 0 saturated heterocycles. The summed E-state index contributed by atoms with van der Waals surface area (Å²) in [5, 5.41) is 55.3. The first-order chi connectivity index (χ1) is 48.2. The number of anilines is 1. The Kier molecular flexibility index (Phi) is 76.3. The second kappa shape index (κ2) is 71.8. The number of benzene rings is 4. The number of hydrazine groups is 1. The summed E-state index contributed by atoms with van der Waals surface area (Å²) in [5.74, 6) is 9.95. The number of hydrogen-bond donors (Lipinski definition) is 6. The number of halogens is 10. The van der Waals surface area contributed by atoms with Gasteiger partial charge in [-0.25, -0.2) is 4.79 Å². The molecular weight excluding hydrogens is 2120 g/mol. The van der Waals surface area contributed by atoms with Crippen molar-refractivity contribution in [3.63, 3.8) is 0 Å². The van der Waals surface area contributed by atoms with E-state index in [9.17, 15) is 24.7 Å². The number of aromatic nitrogens is 6. The molecule has 0 fully saturated rings. The molecule has 0 bridgehead atoms. The number of esters is 1. The predicted molar refractivity (Wildman–Crippen MR) is 446 cm³/mol. The largest absolute Gasteiger partial charge is 1.00 e. The number of carbonyl (C=O) groups is 2. The van der Waals surface area contributed by atoms with E-state index in [-0.39, 0.29) is 90.6 Å². The van der Waals surface area contributed by atoms with E-state index >= 15 is 0 Å². The van der Waals surface area contributed by atoms with E-state index in [2.05, 4.69) is 167 Å². The molecule has 9 aromatic rings. The van der Waals surface area contributed by atoms with E-state index in [0.29, 0.717) is 64.3 Å². The van der Waals surface area contributed by atoms with Gasteiger partial charge in [0.25, 0.3) is 0 Å². The number of nitrogens with two attached hydrogens (primary N) is 3. The first-order valence-electron chi connectivity index (χ1n) is 28.2. The van der Waals surface area contributed by atoms with E-state index in [1.165, 1.54) is 19.5 Å². The molecule has 5 heterocycles. The monoisotopic (exact) mass is 2200 g/mol. The van der Waals surface area contributed by atoms with Gasteiger partial charge in [-0.05, 0) is 172 Å². The van der Waals surface area contributed by atoms with Crippen LogP contribution < -0.4 is 84.3 Å². The number of nitriles is 3. The molecule has 0 amide bonds. The number of nitrogen functional groups attached to an aromatic ring is 1. The first-order valence-corrected chi connectivity index (χ1v) is 51.9. The third kappa shape index (κ3) is 50.0. The van der Waals surface area contributed by atoms with Crippen LogP contribution in [0, 0.1) is 34.0 Å². The fraction of sp³-hybridized carbons (Fsp3) is 0.194. The number of ether oxygens (including phenoxy) is 5. The van der Waals surface area contributed by atoms with Crippen LogP contribution in [0.1, 0.15) is 69.7 Å². The van der Waals surface area contributed by atoms with E-state index in [1.54, 1.807) is 153 Å². The predicted octanol–water partition coefficient (Wildman–Crippen LogP) is 10.00. The minimum atomic E-state index is -3.22. The number of methoxy groups -OCH3 is 5. The number of pyridine rings is 4. The van der Waals surface area contributed by atoms with Gasteiger partial charge in [-0.15, -0.1) is 30.6 Å². The average molecular weight is 2200 g/mol. The van der Waals surface area contributed by atoms with Gasteiger partial charge in [-0.1, -0.05) is 67.1 Å². The molecule has 0 aliphatic carbocycles. The quantitative estimate of drug-likeness (QED) is 0.00913. The van der Waals surface area contributed by atoms with E-state index < -0.39 is 11.1 Å². The Morgan fingerprint density at radius 3 is 1.43 bits per heavy atom. The van der Waals surface area contributed by atoms with Gasteiger partial charge in [0.2, 0.25) is 0 Å². The summed E-state index contributed by atoms with van der Waals surface area (Å²) in [6.07, 6.45) is 13.4. The van der Waals surface area contributed by atoms with Crippen molar-refractivity contribution in [2.75, 3.05) is 61.1 Å². The third-order valence-corrected chi connectivity index (χ3v) is 11.5. The van der Waals surface area contributed by atoms with Crippen LogP contribution in [0.25, 0.3) is 33.0 Å². The van der Waals surface area contributed by atoms with Crippen LogP contribution in [-0.2, 0) is 15.7 Å². The molecule has 0 radical (unpaired) electrons. The summed E-state index contributed by atoms with van der Waals surface area (Å²) in [5.41, 5.74) is 14.2. The van der Waals surface area contributed by atoms with Crippen LogP contribution in [0.4, 0.5) is 5.82 Å². The van der Waals surface area contributed by atoms with Gasteiger partial charge >= 0.3 is 91.2 Å². The Morgan fingerprint density at radius 1 is 0.631 bits per heavy atom. The molecule has 4 aromatic carbocycles. The number of carbonyl (C=O) groups excluding carboxylic acids is 2. The fourth-order valence-corrected chi connectivity index (χ4v) is 7.36. The van der Waals surface area contributed by atoms with Crippen molar-refractivity contribution in [1.29, 1.82) is 15.8 Å². The Hall–Kier alpha value is -4.43. The van der Waals surface area contributed by atoms with Gasteiger partial charge in [0.05, 0.1) is 81.5 Å². The average Bonchev–Trinajstić information content (AvgIpc) is 1.71. The first kappa shape index (κ1) is 110. The standard InChI is InChI=1S/C15H11ClN2O.C15H14N4O.C15H12N2O2.C9H9NO.C7H7NO2.2C2H6O.C2H5O.Cl3OP.I3.I2.HI.H4N2.Na.H2O/c1-19-13-4-2-3-12(9-13)14(10-17)15(16)11-5-7-18-8-6-11;1-20-12-4-2-3-11(9-12)13-14(18-19-15(13)16)10-5-7-17-8-6-10;1-19-13-4-2-3-12(9-13)14(10-16)15(18)11-5-7-17-8-6-11;1-11-9-4-2-3-8(7-9)5-6-10;1-10-7(9)6-2-4-8-5-3-6;3*1-2-3;1-5(2,3)4;1-3-2;1-2;;1-2;;/h2-9H,1H3;2-9H,1H3,(H3,16,18,19);2-9,14H,1H3;2-4,7H,5H2,1H3;2-5H,1H3;2*3H,2H2,1H3;2H2,1H3;;;;1H;1-2H2;;1H2/q;;;;;;;-1;;-1;;;;+1;/b15-14-;;;;;;;;;;;;;;. The molecular formula is C67H77Cl4I6N12NaO12P-. The Morgan fingerprint density at radius 2 is 1.01 bits per heavy atom. The Labute approximate surface area is 713 Å². The zero-order valence-electron chi connectivity index (χ0n) is 57.0. The normalized spacial score (nSPS) is 9.46. The number of rotatable bonds is 13. The second-order valence-electron chi connectivity index (χ2n) is 17.3. The van der Waals surface area contributed by atoms with E-state index in [1.807, 2.05) is 84.9 Å². The number of aliphatic hydroxyl groups is 2. The van der Waals surface area contributed by atoms with Crippen molar-refractivity contribution in [3.05, 3.63) is 229 Å². The number of allylic oxidation sites excluding steroid dienone is 1. The summed E-state index contributed by atoms with van der Waals surface area (Å²) < 4.78 is 34.5. The van der Waals surface area contributed by atoms with Crippen LogP contribution >= 0.6 is 149 Å². The van der Waals surface area contributed by atoms with Crippen LogP contribution in [-0.4, -0.2) is 113 Å². The van der Waals surface area contributed by atoms with Crippen molar-refractivity contribution in [1.82, 2.24) is 30.1 Å². The molecule has 9 rings (SSSR count). The van der Waals surface area contributed by atoms with Crippen LogP contribution in [0.2, 0.25) is 0 Å². The third-order valence-electron chi connectivity index (χ3n) is 11.0. The van der Waals surface area contributed by atoms with Crippen molar-refractivity contribution >= 4 is 177 Å². The van der Waals surface area contributed by atoms with Gasteiger partial charge in [-0.3, -0.25) is 46.1 Å². The van der Waals surface area contributed by atoms with Crippen molar-refractivity contribution < 1.29 is 101 Å². The van der Waals surface area contributed by atoms with E-state index in [4.69, 9.17) is 56.9 Å². The maximum atomic E-state index is 12.3. The number of ketones is 1. The summed E-state index contributed by atoms with van der Waals surface area (Å²) >= 11 is 29.7. The van der Waals surface area contributed by atoms with Gasteiger partial charge in [-0.2, -0.15) is 20.9 Å². The summed E-state index contributed by atoms with van der Waals surface area (Å²) in [7, 11) is 7.74. The molecule has 0 aliphatic rings. The number of Topliss-reactive ketones (excluding diaryl/α,β-unsaturated/α-hetero) is 1. The summed E-state index contributed by atoms with van der Waals surface area (Å²) in [6.45, 7) is 5.43. The van der Waals surface area contributed by atoms with Gasteiger partial charge in [0, 0.05) is 111 Å². The number of hydrogen-bond acceptors (Lipinski definition) is 22. The van der Waals surface area contributed by atoms with E-state index in [0.717, 1.165) is 50.6 Å². The molecule has 0 aliphatic heterocycles. The smallest absolute Gasteiger partial charge is 0.412 e. The summed E-state index contributed by atoms with van der Waals surface area (Å²) in [4.78, 5) is 38.6. The summed E-state index contributed by atoms with van der Waals surface area (Å²) in [6, 6.07) is 49.5. The molecule has 24 nitrogen and oxygen atoms in total. The number of aromatic amines is 1. The Balaban J connectivity index is -0.000000269. The Bertz CT molecular complexity index is 3850. The molecule has 5 aromatic heterocycles. The molecule has 36 heteroatoms. The second-order valence-corrected chi connectivity index (χ2v) is 40.6. The maximum Gasteiger partial charge on any atom is 1.00 e. The van der Waals surface area contributed by atoms with Gasteiger partial charge < -0.3 is 50.2 Å². The zero-order valence-corrected chi connectivity index (χ0v) is 76.1.